The molecule has 0 aliphatic carbocycles. The minimum absolute atomic E-state index is 0.0344. The number of benzene rings is 1. The summed E-state index contributed by atoms with van der Waals surface area (Å²) in [5.41, 5.74) is 1.84. The smallest absolute Gasteiger partial charge is 0.224 e. The lowest BCUT2D eigenvalue weighted by Gasteiger charge is -2.16. The number of anilines is 1. The average molecular weight is 402 g/mol. The number of nitrogens with zero attached hydrogens (tertiary/aromatic N) is 2. The van der Waals surface area contributed by atoms with Gasteiger partial charge in [-0.1, -0.05) is 26.0 Å². The summed E-state index contributed by atoms with van der Waals surface area (Å²) in [7, 11) is 0. The summed E-state index contributed by atoms with van der Waals surface area (Å²) in [6.45, 7) is 9.84. The maximum absolute atomic E-state index is 12.0. The maximum Gasteiger partial charge on any atom is 0.224 e. The highest BCUT2D eigenvalue weighted by atomic mass is 16.2. The van der Waals surface area contributed by atoms with E-state index >= 15 is 0 Å². The van der Waals surface area contributed by atoms with Gasteiger partial charge in [0.2, 0.25) is 11.8 Å². The van der Waals surface area contributed by atoms with Crippen molar-refractivity contribution in [2.24, 2.45) is 10.9 Å². The summed E-state index contributed by atoms with van der Waals surface area (Å²) in [5, 5.41) is 9.52. The average Bonchev–Trinajstić information content (AvgIpc) is 3.07. The number of carbonyl (C=O) groups is 2. The fourth-order valence-electron chi connectivity index (χ4n) is 3.26. The van der Waals surface area contributed by atoms with Gasteiger partial charge in [0.25, 0.3) is 0 Å². The number of nitrogens with one attached hydrogen (secondary N) is 3. The Balaban J connectivity index is 1.83. The lowest BCUT2D eigenvalue weighted by Crippen LogP contribution is -2.39. The largest absolute Gasteiger partial charge is 0.357 e. The molecule has 3 N–H and O–H groups in total. The topological polar surface area (TPSA) is 85.8 Å². The quantitative estimate of drug-likeness (QED) is 0.320. The highest BCUT2D eigenvalue weighted by molar-refractivity contribution is 5.90. The van der Waals surface area contributed by atoms with Crippen LogP contribution in [-0.2, 0) is 16.1 Å². The molecule has 0 saturated carbocycles. The summed E-state index contributed by atoms with van der Waals surface area (Å²) in [6, 6.07) is 7.80. The summed E-state index contributed by atoms with van der Waals surface area (Å²) in [6.07, 6.45) is 3.08. The van der Waals surface area contributed by atoms with E-state index in [0.717, 1.165) is 56.2 Å². The molecule has 0 unspecified atom stereocenters. The van der Waals surface area contributed by atoms with Gasteiger partial charge < -0.3 is 20.9 Å². The summed E-state index contributed by atoms with van der Waals surface area (Å²) in [5.74, 6) is 1.40. The Morgan fingerprint density at radius 3 is 2.79 bits per heavy atom. The van der Waals surface area contributed by atoms with Crippen LogP contribution in [-0.4, -0.2) is 48.9 Å². The van der Waals surface area contributed by atoms with E-state index in [9.17, 15) is 9.59 Å². The van der Waals surface area contributed by atoms with Crippen molar-refractivity contribution in [1.82, 2.24) is 15.5 Å². The van der Waals surface area contributed by atoms with E-state index in [0.29, 0.717) is 25.3 Å². The molecule has 0 bridgehead atoms. The molecule has 1 saturated heterocycles. The zero-order chi connectivity index (χ0) is 21.1. The van der Waals surface area contributed by atoms with E-state index in [1.54, 1.807) is 0 Å². The van der Waals surface area contributed by atoms with Crippen molar-refractivity contribution in [2.45, 2.75) is 53.0 Å². The molecule has 1 aliphatic heterocycles. The molecule has 1 fully saturated rings. The zero-order valence-corrected chi connectivity index (χ0v) is 18.0. The van der Waals surface area contributed by atoms with Gasteiger partial charge in [0, 0.05) is 44.7 Å². The molecule has 0 spiro atoms. The fourth-order valence-corrected chi connectivity index (χ4v) is 3.26. The van der Waals surface area contributed by atoms with E-state index in [2.05, 4.69) is 20.9 Å². The van der Waals surface area contributed by atoms with Gasteiger partial charge in [-0.25, -0.2) is 4.99 Å². The van der Waals surface area contributed by atoms with Crippen molar-refractivity contribution in [3.63, 3.8) is 0 Å². The molecular formula is C22H35N5O2. The summed E-state index contributed by atoms with van der Waals surface area (Å²) in [4.78, 5) is 30.2. The van der Waals surface area contributed by atoms with Crippen LogP contribution in [0, 0.1) is 5.92 Å². The third kappa shape index (κ3) is 8.54. The van der Waals surface area contributed by atoms with Gasteiger partial charge in [-0.05, 0) is 43.4 Å². The first-order valence-corrected chi connectivity index (χ1v) is 10.7. The number of guanidine groups is 1. The molecule has 1 aromatic rings. The lowest BCUT2D eigenvalue weighted by atomic mass is 10.1. The third-order valence-electron chi connectivity index (χ3n) is 4.64. The number of amides is 2. The first-order chi connectivity index (χ1) is 14.0. The number of hydrogen-bond donors (Lipinski definition) is 3. The zero-order valence-electron chi connectivity index (χ0n) is 18.0. The van der Waals surface area contributed by atoms with Crippen molar-refractivity contribution in [3.8, 4) is 0 Å². The molecule has 2 rings (SSSR count). The van der Waals surface area contributed by atoms with Crippen LogP contribution in [0.4, 0.5) is 5.69 Å². The Morgan fingerprint density at radius 2 is 2.10 bits per heavy atom. The van der Waals surface area contributed by atoms with Crippen LogP contribution in [0.25, 0.3) is 0 Å². The van der Waals surface area contributed by atoms with E-state index < -0.39 is 0 Å². The maximum atomic E-state index is 12.0. The number of aliphatic imine (C=N–C) groups is 1. The molecule has 0 radical (unpaired) electrons. The molecule has 29 heavy (non-hydrogen) atoms. The number of likely N-dealkylation sites (tertiary alicyclic amines) is 1. The number of hydrogen-bond acceptors (Lipinski definition) is 3. The Bertz CT molecular complexity index is 702. The van der Waals surface area contributed by atoms with Crippen LogP contribution >= 0.6 is 0 Å². The van der Waals surface area contributed by atoms with Crippen molar-refractivity contribution < 1.29 is 9.59 Å². The van der Waals surface area contributed by atoms with Gasteiger partial charge in [-0.2, -0.15) is 0 Å². The van der Waals surface area contributed by atoms with E-state index in [4.69, 9.17) is 0 Å². The highest BCUT2D eigenvalue weighted by Gasteiger charge is 2.18. The van der Waals surface area contributed by atoms with Crippen LogP contribution in [0.2, 0.25) is 0 Å². The Morgan fingerprint density at radius 1 is 1.28 bits per heavy atom. The minimum Gasteiger partial charge on any atom is -0.357 e. The molecule has 1 heterocycles. The van der Waals surface area contributed by atoms with E-state index in [1.807, 2.05) is 49.9 Å². The van der Waals surface area contributed by atoms with Crippen molar-refractivity contribution in [3.05, 3.63) is 29.8 Å². The molecular weight excluding hydrogens is 366 g/mol. The Hall–Kier alpha value is -2.57. The van der Waals surface area contributed by atoms with Gasteiger partial charge in [0.1, 0.15) is 0 Å². The van der Waals surface area contributed by atoms with Crippen LogP contribution in [0.5, 0.6) is 0 Å². The first-order valence-electron chi connectivity index (χ1n) is 10.7. The summed E-state index contributed by atoms with van der Waals surface area (Å²) >= 11 is 0. The normalized spacial score (nSPS) is 14.4. The molecule has 7 heteroatoms. The van der Waals surface area contributed by atoms with Crippen molar-refractivity contribution >= 4 is 23.5 Å². The van der Waals surface area contributed by atoms with Gasteiger partial charge in [-0.15, -0.1) is 0 Å². The van der Waals surface area contributed by atoms with Gasteiger partial charge in [0.05, 0.1) is 6.54 Å². The summed E-state index contributed by atoms with van der Waals surface area (Å²) < 4.78 is 0. The number of rotatable bonds is 10. The molecule has 0 atom stereocenters. The third-order valence-corrected chi connectivity index (χ3v) is 4.64. The first kappa shape index (κ1) is 22.7. The van der Waals surface area contributed by atoms with Crippen molar-refractivity contribution in [2.75, 3.05) is 31.5 Å². The van der Waals surface area contributed by atoms with E-state index in [1.165, 1.54) is 0 Å². The molecule has 1 aliphatic rings. The molecule has 160 valence electrons. The molecule has 2 amide bonds. The van der Waals surface area contributed by atoms with Crippen LogP contribution in [0.15, 0.2) is 29.3 Å². The van der Waals surface area contributed by atoms with E-state index in [-0.39, 0.29) is 11.8 Å². The van der Waals surface area contributed by atoms with Crippen LogP contribution in [0.3, 0.4) is 0 Å². The van der Waals surface area contributed by atoms with Crippen molar-refractivity contribution in [1.29, 1.82) is 0 Å². The fraction of sp³-hybridized carbons (Fsp3) is 0.591. The van der Waals surface area contributed by atoms with Gasteiger partial charge in [-0.3, -0.25) is 9.59 Å². The van der Waals surface area contributed by atoms with Crippen LogP contribution in [0.1, 0.15) is 52.0 Å². The molecule has 0 aromatic heterocycles. The predicted molar refractivity (Wildman–Crippen MR) is 118 cm³/mol. The van der Waals surface area contributed by atoms with Crippen LogP contribution < -0.4 is 16.0 Å². The number of carbonyl (C=O) groups excluding carboxylic acids is 2. The molecule has 1 aromatic carbocycles. The Labute approximate surface area is 174 Å². The SMILES string of the molecule is CCNC(=NCc1cccc(NC(=O)CC(C)C)c1)NCCCN1CCCC1=O. The second-order valence-corrected chi connectivity index (χ2v) is 7.81. The highest BCUT2D eigenvalue weighted by Crippen LogP contribution is 2.13. The van der Waals surface area contributed by atoms with Gasteiger partial charge >= 0.3 is 0 Å². The predicted octanol–water partition coefficient (Wildman–Crippen LogP) is 2.74. The monoisotopic (exact) mass is 401 g/mol. The lowest BCUT2D eigenvalue weighted by molar-refractivity contribution is -0.127. The molecule has 7 nitrogen and oxygen atoms in total. The second-order valence-electron chi connectivity index (χ2n) is 7.81. The van der Waals surface area contributed by atoms with Gasteiger partial charge in [0.15, 0.2) is 5.96 Å². The standard InChI is InChI=1S/C22H35N5O2/c1-4-23-22(24-11-7-13-27-12-6-10-21(27)29)25-16-18-8-5-9-19(15-18)26-20(28)14-17(2)3/h5,8-9,15,17H,4,6-7,10-14,16H2,1-3H3,(H,26,28)(H2,23,24,25). The Kier molecular flexibility index (Phi) is 9.47. The minimum atomic E-state index is 0.0344. The second kappa shape index (κ2) is 12.1.